The van der Waals surface area contributed by atoms with Gasteiger partial charge in [0.1, 0.15) is 0 Å². The van der Waals surface area contributed by atoms with E-state index < -0.39 is 13.2 Å². The molecule has 0 fully saturated rings. The molecular formula is C18H22Cl2NO3P. The Bertz CT molecular complexity index is 745. The van der Waals surface area contributed by atoms with Crippen molar-refractivity contribution < 1.29 is 14.2 Å². The highest BCUT2D eigenvalue weighted by atomic mass is 35.5. The van der Waals surface area contributed by atoms with Gasteiger partial charge in [0.15, 0.2) is 5.85 Å². The summed E-state index contributed by atoms with van der Waals surface area (Å²) in [6, 6.07) is 12.0. The van der Waals surface area contributed by atoms with Crippen LogP contribution in [0.15, 0.2) is 42.5 Å². The van der Waals surface area contributed by atoms with E-state index in [4.69, 9.17) is 27.7 Å². The first-order valence-electron chi connectivity index (χ1n) is 7.95. The maximum atomic E-state index is 13.7. The Kier molecular flexibility index (Phi) is 6.95. The summed E-state index contributed by atoms with van der Waals surface area (Å²) >= 11 is 12.4. The molecule has 0 radical (unpaired) electrons. The Morgan fingerprint density at radius 2 is 1.68 bits per heavy atom. The van der Waals surface area contributed by atoms with Crippen LogP contribution in [-0.2, 0) is 9.09 Å². The molecule has 25 heavy (non-hydrogen) atoms. The third-order valence-electron chi connectivity index (χ3n) is 3.79. The average molecular weight is 402 g/mol. The summed E-state index contributed by atoms with van der Waals surface area (Å²) in [4.78, 5) is 1.93. The minimum Gasteiger partial charge on any atom is -0.378 e. The van der Waals surface area contributed by atoms with E-state index in [1.54, 1.807) is 30.3 Å². The van der Waals surface area contributed by atoms with Crippen molar-refractivity contribution in [1.82, 2.24) is 0 Å². The van der Waals surface area contributed by atoms with Crippen LogP contribution in [0.1, 0.15) is 24.8 Å². The van der Waals surface area contributed by atoms with Crippen LogP contribution in [0, 0.1) is 0 Å². The number of hydrogen-bond acceptors (Lipinski definition) is 4. The number of benzene rings is 2. The predicted octanol–water partition coefficient (Wildman–Crippen LogP) is 5.08. The van der Waals surface area contributed by atoms with E-state index in [-0.39, 0.29) is 22.2 Å². The molecule has 0 amide bonds. The predicted molar refractivity (Wildman–Crippen MR) is 106 cm³/mol. The lowest BCUT2D eigenvalue weighted by molar-refractivity contribution is 0.214. The van der Waals surface area contributed by atoms with Gasteiger partial charge >= 0.3 is 0 Å². The largest absolute Gasteiger partial charge is 0.378 e. The number of rotatable bonds is 7. The van der Waals surface area contributed by atoms with Crippen LogP contribution in [0.4, 0.5) is 5.69 Å². The molecule has 0 bridgehead atoms. The second-order valence-corrected chi connectivity index (χ2v) is 9.12. The van der Waals surface area contributed by atoms with E-state index in [1.807, 2.05) is 38.1 Å². The molecule has 7 heteroatoms. The maximum absolute atomic E-state index is 13.7. The second kappa shape index (κ2) is 8.57. The van der Waals surface area contributed by atoms with E-state index in [0.29, 0.717) is 11.7 Å². The van der Waals surface area contributed by atoms with Gasteiger partial charge in [0.2, 0.25) is 0 Å². The monoisotopic (exact) mass is 401 g/mol. The van der Waals surface area contributed by atoms with Crippen LogP contribution in [0.25, 0.3) is 0 Å². The van der Waals surface area contributed by atoms with Crippen molar-refractivity contribution >= 4 is 41.6 Å². The van der Waals surface area contributed by atoms with Gasteiger partial charge in [0.05, 0.1) is 6.61 Å². The second-order valence-electron chi connectivity index (χ2n) is 5.85. The minimum atomic E-state index is -3.64. The number of anilines is 1. The van der Waals surface area contributed by atoms with Crippen LogP contribution < -0.4 is 10.2 Å². The Balaban J connectivity index is 2.51. The Morgan fingerprint density at radius 1 is 1.12 bits per heavy atom. The lowest BCUT2D eigenvalue weighted by atomic mass is 10.2. The molecule has 0 aliphatic carbocycles. The SMILES string of the molecule is CCCO[P@@](=O)(c1ccc(N(C)C)cc1)[C@H](O)c1c(Cl)cccc1Cl. The van der Waals surface area contributed by atoms with Gasteiger partial charge in [0.25, 0.3) is 7.37 Å². The summed E-state index contributed by atoms with van der Waals surface area (Å²) in [5.41, 5.74) is 1.18. The molecule has 136 valence electrons. The van der Waals surface area contributed by atoms with Gasteiger partial charge in [-0.05, 0) is 42.8 Å². The molecule has 2 rings (SSSR count). The number of halogens is 2. The number of nitrogens with zero attached hydrogens (tertiary/aromatic N) is 1. The smallest absolute Gasteiger partial charge is 0.264 e. The zero-order valence-corrected chi connectivity index (χ0v) is 16.9. The van der Waals surface area contributed by atoms with Gasteiger partial charge in [-0.25, -0.2) is 0 Å². The van der Waals surface area contributed by atoms with E-state index in [0.717, 1.165) is 5.69 Å². The maximum Gasteiger partial charge on any atom is 0.264 e. The minimum absolute atomic E-state index is 0.224. The average Bonchev–Trinajstić information content (AvgIpc) is 2.59. The first-order chi connectivity index (χ1) is 11.8. The van der Waals surface area contributed by atoms with E-state index in [9.17, 15) is 9.67 Å². The number of aliphatic hydroxyl groups is 1. The van der Waals surface area contributed by atoms with E-state index >= 15 is 0 Å². The molecule has 1 N–H and O–H groups in total. The van der Waals surface area contributed by atoms with Crippen LogP contribution in [-0.4, -0.2) is 25.8 Å². The van der Waals surface area contributed by atoms with Gasteiger partial charge in [-0.2, -0.15) is 0 Å². The molecule has 0 spiro atoms. The molecule has 0 saturated carbocycles. The zero-order valence-electron chi connectivity index (χ0n) is 14.4. The van der Waals surface area contributed by atoms with Crippen LogP contribution in [0.3, 0.4) is 0 Å². The van der Waals surface area contributed by atoms with Crippen molar-refractivity contribution in [2.75, 3.05) is 25.6 Å². The molecule has 2 atom stereocenters. The van der Waals surface area contributed by atoms with E-state index in [1.165, 1.54) is 0 Å². The first kappa shape index (κ1) is 20.3. The quantitative estimate of drug-likeness (QED) is 0.657. The lowest BCUT2D eigenvalue weighted by Crippen LogP contribution is -2.16. The zero-order chi connectivity index (χ0) is 18.6. The van der Waals surface area contributed by atoms with E-state index in [2.05, 4.69) is 0 Å². The topological polar surface area (TPSA) is 49.8 Å². The lowest BCUT2D eigenvalue weighted by Gasteiger charge is -2.26. The fourth-order valence-electron chi connectivity index (χ4n) is 2.40. The van der Waals surface area contributed by atoms with Gasteiger partial charge in [-0.1, -0.05) is 36.2 Å². The molecule has 0 aliphatic heterocycles. The molecular weight excluding hydrogens is 380 g/mol. The molecule has 2 aromatic carbocycles. The Hall–Kier alpha value is -1.03. The van der Waals surface area contributed by atoms with Crippen molar-refractivity contribution in [1.29, 1.82) is 0 Å². The molecule has 0 aromatic heterocycles. The first-order valence-corrected chi connectivity index (χ1v) is 10.4. The third kappa shape index (κ3) is 4.39. The fourth-order valence-corrected chi connectivity index (χ4v) is 5.36. The molecule has 0 saturated heterocycles. The Labute approximate surface area is 158 Å². The van der Waals surface area contributed by atoms with Crippen molar-refractivity contribution in [3.63, 3.8) is 0 Å². The summed E-state index contributed by atoms with van der Waals surface area (Å²) in [5.74, 6) is -1.44. The van der Waals surface area contributed by atoms with Crippen molar-refractivity contribution in [3.8, 4) is 0 Å². The van der Waals surface area contributed by atoms with Gasteiger partial charge < -0.3 is 14.5 Å². The standard InChI is InChI=1S/C18H22Cl2NO3P/c1-4-12-24-25(23,14-10-8-13(9-11-14)21(2)3)18(22)17-15(19)6-5-7-16(17)20/h5-11,18,22H,4,12H2,1-3H3/t18-,25-/m0/s1. The summed E-state index contributed by atoms with van der Waals surface area (Å²) in [7, 11) is 0.197. The molecule has 0 heterocycles. The summed E-state index contributed by atoms with van der Waals surface area (Å²) in [6.07, 6.45) is 0.669. The molecule has 0 aliphatic rings. The molecule has 2 aromatic rings. The summed E-state index contributed by atoms with van der Waals surface area (Å²) in [6.45, 7) is 2.17. The number of hydrogen-bond donors (Lipinski definition) is 1. The molecule has 4 nitrogen and oxygen atoms in total. The van der Waals surface area contributed by atoms with Crippen LogP contribution >= 0.6 is 30.6 Å². The van der Waals surface area contributed by atoms with Crippen LogP contribution in [0.2, 0.25) is 10.0 Å². The number of aliphatic hydroxyl groups excluding tert-OH is 1. The van der Waals surface area contributed by atoms with Crippen LogP contribution in [0.5, 0.6) is 0 Å². The van der Waals surface area contributed by atoms with Crippen molar-refractivity contribution in [3.05, 3.63) is 58.1 Å². The Morgan fingerprint density at radius 3 is 2.16 bits per heavy atom. The van der Waals surface area contributed by atoms with Gasteiger partial charge in [-0.15, -0.1) is 0 Å². The van der Waals surface area contributed by atoms with Gasteiger partial charge in [0, 0.05) is 40.7 Å². The highest BCUT2D eigenvalue weighted by Crippen LogP contribution is 2.59. The summed E-state index contributed by atoms with van der Waals surface area (Å²) in [5, 5.41) is 11.8. The normalized spacial score (nSPS) is 14.8. The highest BCUT2D eigenvalue weighted by Gasteiger charge is 2.38. The molecule has 0 unspecified atom stereocenters. The fraction of sp³-hybridized carbons (Fsp3) is 0.333. The summed E-state index contributed by atoms with van der Waals surface area (Å²) < 4.78 is 19.3. The van der Waals surface area contributed by atoms with Gasteiger partial charge in [-0.3, -0.25) is 4.57 Å². The third-order valence-corrected chi connectivity index (χ3v) is 6.94. The highest BCUT2D eigenvalue weighted by molar-refractivity contribution is 7.67. The van der Waals surface area contributed by atoms with Crippen molar-refractivity contribution in [2.45, 2.75) is 19.2 Å². The van der Waals surface area contributed by atoms with Crippen molar-refractivity contribution in [2.24, 2.45) is 0 Å².